The molecule has 1 unspecified atom stereocenters. The lowest BCUT2D eigenvalue weighted by atomic mass is 9.98. The zero-order valence-corrected chi connectivity index (χ0v) is 13.6. The number of aromatic nitrogens is 1. The monoisotopic (exact) mass is 287 g/mol. The van der Waals surface area contributed by atoms with Gasteiger partial charge in [-0.05, 0) is 51.0 Å². The maximum absolute atomic E-state index is 4.52. The molecule has 3 nitrogen and oxygen atoms in total. The second kappa shape index (κ2) is 6.78. The molecule has 3 heteroatoms. The van der Waals surface area contributed by atoms with Crippen LogP contribution < -0.4 is 10.2 Å². The van der Waals surface area contributed by atoms with Crippen molar-refractivity contribution in [2.24, 2.45) is 5.92 Å². The number of hydrogen-bond donors (Lipinski definition) is 1. The summed E-state index contributed by atoms with van der Waals surface area (Å²) in [6.07, 6.45) is 10.2. The van der Waals surface area contributed by atoms with Crippen LogP contribution in [-0.4, -0.2) is 24.1 Å². The summed E-state index contributed by atoms with van der Waals surface area (Å²) in [6.45, 7) is 7.83. The van der Waals surface area contributed by atoms with Crippen LogP contribution in [0.25, 0.3) is 0 Å². The smallest absolute Gasteiger partial charge is 0.0445 e. The van der Waals surface area contributed by atoms with E-state index in [1.165, 1.54) is 62.9 Å². The van der Waals surface area contributed by atoms with E-state index in [0.717, 1.165) is 24.2 Å². The summed E-state index contributed by atoms with van der Waals surface area (Å²) in [7, 11) is 0. The van der Waals surface area contributed by atoms with Gasteiger partial charge in [0.2, 0.25) is 0 Å². The average Bonchev–Trinajstić information content (AvgIpc) is 3.32. The number of nitrogens with zero attached hydrogens (tertiary/aromatic N) is 2. The van der Waals surface area contributed by atoms with Gasteiger partial charge in [-0.3, -0.25) is 4.98 Å². The number of hydrogen-bond acceptors (Lipinski definition) is 3. The molecule has 21 heavy (non-hydrogen) atoms. The van der Waals surface area contributed by atoms with Crippen molar-refractivity contribution in [1.29, 1.82) is 0 Å². The van der Waals surface area contributed by atoms with Crippen molar-refractivity contribution in [3.05, 3.63) is 23.5 Å². The third-order valence-corrected chi connectivity index (χ3v) is 5.02. The largest absolute Gasteiger partial charge is 0.371 e. The molecule has 3 rings (SSSR count). The van der Waals surface area contributed by atoms with Gasteiger partial charge in [-0.25, -0.2) is 0 Å². The molecule has 2 heterocycles. The zero-order chi connectivity index (χ0) is 14.7. The molecule has 0 aromatic carbocycles. The summed E-state index contributed by atoms with van der Waals surface area (Å²) in [5, 5.41) is 3.64. The topological polar surface area (TPSA) is 28.2 Å². The van der Waals surface area contributed by atoms with Crippen LogP contribution >= 0.6 is 0 Å². The number of aryl methyl sites for hydroxylation is 1. The van der Waals surface area contributed by atoms with Crippen molar-refractivity contribution in [3.8, 4) is 0 Å². The summed E-state index contributed by atoms with van der Waals surface area (Å²) < 4.78 is 0. The standard InChI is InChI=1S/C18H29N3/c1-3-15-5-4-9-21(10-8-15)18-11-14(2)19-12-16(18)13-20-17-6-7-17/h11-12,15,17,20H,3-10,13H2,1-2H3. The minimum atomic E-state index is 0.757. The van der Waals surface area contributed by atoms with Crippen LogP contribution in [0.2, 0.25) is 0 Å². The van der Waals surface area contributed by atoms with Crippen LogP contribution in [0.4, 0.5) is 5.69 Å². The van der Waals surface area contributed by atoms with Crippen LogP contribution in [0.1, 0.15) is 56.7 Å². The maximum Gasteiger partial charge on any atom is 0.0445 e. The fourth-order valence-corrected chi connectivity index (χ4v) is 3.36. The maximum atomic E-state index is 4.52. The predicted octanol–water partition coefficient (Wildman–Crippen LogP) is 3.66. The number of rotatable bonds is 5. The summed E-state index contributed by atoms with van der Waals surface area (Å²) >= 11 is 0. The van der Waals surface area contributed by atoms with Crippen LogP contribution in [0.3, 0.4) is 0 Å². The second-order valence-electron chi connectivity index (χ2n) is 6.80. The lowest BCUT2D eigenvalue weighted by molar-refractivity contribution is 0.459. The van der Waals surface area contributed by atoms with Crippen LogP contribution in [0.5, 0.6) is 0 Å². The lowest BCUT2D eigenvalue weighted by Gasteiger charge is -2.26. The Bertz CT molecular complexity index is 468. The van der Waals surface area contributed by atoms with E-state index in [1.807, 2.05) is 0 Å². The molecule has 0 spiro atoms. The van der Waals surface area contributed by atoms with Crippen molar-refractivity contribution < 1.29 is 0 Å². The highest BCUT2D eigenvalue weighted by molar-refractivity contribution is 5.53. The Hall–Kier alpha value is -1.09. The third kappa shape index (κ3) is 3.97. The van der Waals surface area contributed by atoms with E-state index in [-0.39, 0.29) is 0 Å². The van der Waals surface area contributed by atoms with E-state index in [1.54, 1.807) is 0 Å². The van der Waals surface area contributed by atoms with Crippen LogP contribution in [0, 0.1) is 12.8 Å². The highest BCUT2D eigenvalue weighted by Crippen LogP contribution is 2.28. The molecule has 0 radical (unpaired) electrons. The minimum absolute atomic E-state index is 0.757. The summed E-state index contributed by atoms with van der Waals surface area (Å²) in [6, 6.07) is 3.05. The number of nitrogens with one attached hydrogen (secondary N) is 1. The number of anilines is 1. The van der Waals surface area contributed by atoms with Crippen molar-refractivity contribution in [2.75, 3.05) is 18.0 Å². The molecular weight excluding hydrogens is 258 g/mol. The first kappa shape index (κ1) is 14.8. The molecule has 0 bridgehead atoms. The van der Waals surface area contributed by atoms with E-state index in [9.17, 15) is 0 Å². The molecule has 2 fully saturated rings. The van der Waals surface area contributed by atoms with Crippen molar-refractivity contribution >= 4 is 5.69 Å². The van der Waals surface area contributed by atoms with Gasteiger partial charge in [-0.15, -0.1) is 0 Å². The Labute approximate surface area is 129 Å². The molecule has 1 aliphatic carbocycles. The zero-order valence-electron chi connectivity index (χ0n) is 13.6. The molecular formula is C18H29N3. The first-order valence-electron chi connectivity index (χ1n) is 8.70. The van der Waals surface area contributed by atoms with Gasteiger partial charge in [0.15, 0.2) is 0 Å². The molecule has 1 saturated heterocycles. The first-order chi connectivity index (χ1) is 10.3. The molecule has 2 aliphatic rings. The average molecular weight is 287 g/mol. The van der Waals surface area contributed by atoms with Crippen molar-refractivity contribution in [1.82, 2.24) is 10.3 Å². The summed E-state index contributed by atoms with van der Waals surface area (Å²) in [5.41, 5.74) is 3.94. The van der Waals surface area contributed by atoms with E-state index >= 15 is 0 Å². The second-order valence-corrected chi connectivity index (χ2v) is 6.80. The Morgan fingerprint density at radius 1 is 1.24 bits per heavy atom. The third-order valence-electron chi connectivity index (χ3n) is 5.02. The molecule has 1 N–H and O–H groups in total. The highest BCUT2D eigenvalue weighted by Gasteiger charge is 2.22. The molecule has 1 aromatic rings. The molecule has 116 valence electrons. The van der Waals surface area contributed by atoms with Gasteiger partial charge < -0.3 is 10.2 Å². The van der Waals surface area contributed by atoms with Gasteiger partial charge in [0.1, 0.15) is 0 Å². The van der Waals surface area contributed by atoms with Gasteiger partial charge in [0, 0.05) is 48.8 Å². The molecule has 1 atom stereocenters. The van der Waals surface area contributed by atoms with Crippen molar-refractivity contribution in [2.45, 2.75) is 65.0 Å². The minimum Gasteiger partial charge on any atom is -0.371 e. The SMILES string of the molecule is CCC1CCCN(c2cc(C)ncc2CNC2CC2)CC1. The van der Waals surface area contributed by atoms with Crippen molar-refractivity contribution in [3.63, 3.8) is 0 Å². The van der Waals surface area contributed by atoms with Gasteiger partial charge in [-0.2, -0.15) is 0 Å². The number of pyridine rings is 1. The van der Waals surface area contributed by atoms with Gasteiger partial charge in [-0.1, -0.05) is 13.3 Å². The van der Waals surface area contributed by atoms with Gasteiger partial charge in [0.25, 0.3) is 0 Å². The summed E-state index contributed by atoms with van der Waals surface area (Å²) in [5.74, 6) is 0.922. The lowest BCUT2D eigenvalue weighted by Crippen LogP contribution is -2.27. The summed E-state index contributed by atoms with van der Waals surface area (Å²) in [4.78, 5) is 7.13. The quantitative estimate of drug-likeness (QED) is 0.896. The predicted molar refractivity (Wildman–Crippen MR) is 88.7 cm³/mol. The Morgan fingerprint density at radius 2 is 2.10 bits per heavy atom. The Kier molecular flexibility index (Phi) is 4.79. The van der Waals surface area contributed by atoms with E-state index < -0.39 is 0 Å². The fourth-order valence-electron chi connectivity index (χ4n) is 3.36. The van der Waals surface area contributed by atoms with Crippen LogP contribution in [0.15, 0.2) is 12.3 Å². The molecule has 1 aromatic heterocycles. The van der Waals surface area contributed by atoms with Gasteiger partial charge in [0.05, 0.1) is 0 Å². The fraction of sp³-hybridized carbons (Fsp3) is 0.722. The molecule has 0 amide bonds. The Morgan fingerprint density at radius 3 is 2.86 bits per heavy atom. The normalized spacial score (nSPS) is 23.1. The molecule has 1 saturated carbocycles. The highest BCUT2D eigenvalue weighted by atomic mass is 15.1. The van der Waals surface area contributed by atoms with E-state index in [4.69, 9.17) is 0 Å². The van der Waals surface area contributed by atoms with Gasteiger partial charge >= 0.3 is 0 Å². The van der Waals surface area contributed by atoms with Crippen LogP contribution in [-0.2, 0) is 6.54 Å². The first-order valence-corrected chi connectivity index (χ1v) is 8.70. The molecule has 1 aliphatic heterocycles. The van der Waals surface area contributed by atoms with E-state index in [2.05, 4.69) is 41.3 Å². The van der Waals surface area contributed by atoms with E-state index in [0.29, 0.717) is 0 Å². The Balaban J connectivity index is 1.73.